The highest BCUT2D eigenvalue weighted by Gasteiger charge is 2.33. The van der Waals surface area contributed by atoms with E-state index in [-0.39, 0.29) is 5.91 Å². The van der Waals surface area contributed by atoms with Gasteiger partial charge in [-0.3, -0.25) is 9.69 Å². The lowest BCUT2D eigenvalue weighted by Gasteiger charge is -2.32. The smallest absolute Gasteiger partial charge is 0.297 e. The maximum absolute atomic E-state index is 12.8. The van der Waals surface area contributed by atoms with Crippen molar-refractivity contribution in [2.24, 2.45) is 4.99 Å². The summed E-state index contributed by atoms with van der Waals surface area (Å²) in [5, 5.41) is 0. The zero-order chi connectivity index (χ0) is 18.3. The number of nitrogens with zero attached hydrogens (tertiary/aromatic N) is 3. The lowest BCUT2D eigenvalue weighted by atomic mass is 10.0. The predicted octanol–water partition coefficient (Wildman–Crippen LogP) is 4.52. The summed E-state index contributed by atoms with van der Waals surface area (Å²) >= 11 is 0. The molecule has 0 fully saturated rings. The van der Waals surface area contributed by atoms with Gasteiger partial charge in [0.15, 0.2) is 0 Å². The third-order valence-corrected chi connectivity index (χ3v) is 4.77. The fourth-order valence-electron chi connectivity index (χ4n) is 3.59. The van der Waals surface area contributed by atoms with Crippen LogP contribution in [0, 0.1) is 6.92 Å². The average Bonchev–Trinajstić information content (AvgIpc) is 2.95. The number of amides is 1. The van der Waals surface area contributed by atoms with Crippen LogP contribution in [0.1, 0.15) is 25.0 Å². The molecule has 0 spiro atoms. The SMILES string of the molecule is CCN1C(=C2C(=O)N=C(C)N2c2ccccc2)C=Cc2ccc(C)cc21. The Morgan fingerprint density at radius 1 is 1.00 bits per heavy atom. The van der Waals surface area contributed by atoms with Crippen LogP contribution in [0.25, 0.3) is 6.08 Å². The highest BCUT2D eigenvalue weighted by atomic mass is 16.2. The Balaban J connectivity index is 1.90. The molecule has 2 aromatic carbocycles. The summed E-state index contributed by atoms with van der Waals surface area (Å²) in [7, 11) is 0. The molecule has 0 N–H and O–H groups in total. The number of carbonyl (C=O) groups excluding carboxylic acids is 1. The van der Waals surface area contributed by atoms with Gasteiger partial charge in [0, 0.05) is 17.9 Å². The van der Waals surface area contributed by atoms with E-state index in [0.29, 0.717) is 11.5 Å². The zero-order valence-electron chi connectivity index (χ0n) is 15.2. The zero-order valence-corrected chi connectivity index (χ0v) is 15.2. The number of aryl methyl sites for hydroxylation is 1. The molecule has 0 radical (unpaired) electrons. The van der Waals surface area contributed by atoms with Crippen molar-refractivity contribution in [3.63, 3.8) is 0 Å². The van der Waals surface area contributed by atoms with Crippen molar-refractivity contribution in [2.45, 2.75) is 20.8 Å². The fraction of sp³-hybridized carbons (Fsp3) is 0.182. The maximum Gasteiger partial charge on any atom is 0.297 e. The van der Waals surface area contributed by atoms with Crippen LogP contribution in [0.2, 0.25) is 0 Å². The molecule has 4 heteroatoms. The maximum atomic E-state index is 12.8. The summed E-state index contributed by atoms with van der Waals surface area (Å²) < 4.78 is 0. The molecule has 2 heterocycles. The highest BCUT2D eigenvalue weighted by Crippen LogP contribution is 2.36. The first kappa shape index (κ1) is 16.3. The molecule has 0 atom stereocenters. The van der Waals surface area contributed by atoms with Gasteiger partial charge in [-0.15, -0.1) is 0 Å². The van der Waals surface area contributed by atoms with Gasteiger partial charge in [0.25, 0.3) is 5.91 Å². The molecule has 1 amide bonds. The molecule has 0 unspecified atom stereocenters. The molecule has 4 rings (SSSR count). The van der Waals surface area contributed by atoms with Crippen LogP contribution >= 0.6 is 0 Å². The van der Waals surface area contributed by atoms with Gasteiger partial charge in [-0.1, -0.05) is 36.4 Å². The second-order valence-electron chi connectivity index (χ2n) is 6.51. The van der Waals surface area contributed by atoms with Gasteiger partial charge < -0.3 is 4.90 Å². The van der Waals surface area contributed by atoms with E-state index in [9.17, 15) is 4.79 Å². The molecule has 0 aromatic heterocycles. The summed E-state index contributed by atoms with van der Waals surface area (Å²) in [5.74, 6) is 0.503. The van der Waals surface area contributed by atoms with Crippen LogP contribution in [-0.2, 0) is 4.79 Å². The minimum absolute atomic E-state index is 0.194. The Morgan fingerprint density at radius 3 is 2.50 bits per heavy atom. The van der Waals surface area contributed by atoms with Crippen LogP contribution in [0.5, 0.6) is 0 Å². The van der Waals surface area contributed by atoms with Crippen molar-refractivity contribution in [3.05, 3.63) is 77.1 Å². The van der Waals surface area contributed by atoms with E-state index in [0.717, 1.165) is 29.2 Å². The van der Waals surface area contributed by atoms with E-state index < -0.39 is 0 Å². The van der Waals surface area contributed by atoms with Crippen molar-refractivity contribution >= 4 is 29.2 Å². The van der Waals surface area contributed by atoms with Gasteiger partial charge in [-0.25, -0.2) is 0 Å². The minimum atomic E-state index is -0.194. The quantitative estimate of drug-likeness (QED) is 0.752. The van der Waals surface area contributed by atoms with E-state index >= 15 is 0 Å². The summed E-state index contributed by atoms with van der Waals surface area (Å²) in [6.45, 7) is 6.84. The van der Waals surface area contributed by atoms with E-state index in [1.165, 1.54) is 5.56 Å². The molecule has 4 nitrogen and oxygen atoms in total. The summed E-state index contributed by atoms with van der Waals surface area (Å²) in [6.07, 6.45) is 4.10. The van der Waals surface area contributed by atoms with E-state index in [4.69, 9.17) is 0 Å². The molecule has 2 aliphatic rings. The number of para-hydroxylation sites is 1. The Labute approximate surface area is 153 Å². The Morgan fingerprint density at radius 2 is 1.77 bits per heavy atom. The first-order chi connectivity index (χ1) is 12.6. The van der Waals surface area contributed by atoms with Crippen LogP contribution in [0.15, 0.2) is 71.0 Å². The number of likely N-dealkylation sites (N-methyl/N-ethyl adjacent to an activating group) is 1. The predicted molar refractivity (Wildman–Crippen MR) is 107 cm³/mol. The fourth-order valence-corrected chi connectivity index (χ4v) is 3.59. The van der Waals surface area contributed by atoms with E-state index in [2.05, 4.69) is 48.0 Å². The van der Waals surface area contributed by atoms with Crippen LogP contribution < -0.4 is 9.80 Å². The third-order valence-electron chi connectivity index (χ3n) is 4.77. The lowest BCUT2D eigenvalue weighted by Crippen LogP contribution is -2.32. The molecule has 26 heavy (non-hydrogen) atoms. The second-order valence-corrected chi connectivity index (χ2v) is 6.51. The first-order valence-corrected chi connectivity index (χ1v) is 8.85. The number of anilines is 2. The van der Waals surface area contributed by atoms with Crippen molar-refractivity contribution < 1.29 is 4.79 Å². The number of carbonyl (C=O) groups is 1. The van der Waals surface area contributed by atoms with Gasteiger partial charge in [0.05, 0.1) is 5.70 Å². The van der Waals surface area contributed by atoms with E-state index in [1.807, 2.05) is 48.2 Å². The lowest BCUT2D eigenvalue weighted by molar-refractivity contribution is -0.114. The standard InChI is InChI=1S/C22H21N3O/c1-4-24-19(13-12-17-11-10-15(2)14-20(17)24)21-22(26)23-16(3)25(21)18-8-6-5-7-9-18/h5-14H,4H2,1-3H3. The van der Waals surface area contributed by atoms with E-state index in [1.54, 1.807) is 0 Å². The number of aliphatic imine (C=N–C) groups is 1. The minimum Gasteiger partial charge on any atom is -0.339 e. The van der Waals surface area contributed by atoms with Crippen molar-refractivity contribution in [3.8, 4) is 0 Å². The van der Waals surface area contributed by atoms with Gasteiger partial charge in [-0.2, -0.15) is 4.99 Å². The highest BCUT2D eigenvalue weighted by molar-refractivity contribution is 6.21. The molecular weight excluding hydrogens is 322 g/mol. The van der Waals surface area contributed by atoms with Gasteiger partial charge in [-0.05, 0) is 56.2 Å². The largest absolute Gasteiger partial charge is 0.339 e. The monoisotopic (exact) mass is 343 g/mol. The molecule has 0 saturated heterocycles. The number of allylic oxidation sites excluding steroid dienone is 1. The number of benzene rings is 2. The topological polar surface area (TPSA) is 35.9 Å². The molecular formula is C22H21N3O. The summed E-state index contributed by atoms with van der Waals surface area (Å²) in [6, 6.07) is 16.3. The first-order valence-electron chi connectivity index (χ1n) is 8.85. The molecule has 0 bridgehead atoms. The molecule has 130 valence electrons. The molecule has 2 aliphatic heterocycles. The van der Waals surface area contributed by atoms with Gasteiger partial charge in [0.1, 0.15) is 11.5 Å². The third kappa shape index (κ3) is 2.54. The van der Waals surface area contributed by atoms with Gasteiger partial charge >= 0.3 is 0 Å². The average molecular weight is 343 g/mol. The Hall–Kier alpha value is -3.14. The summed E-state index contributed by atoms with van der Waals surface area (Å²) in [4.78, 5) is 21.1. The number of hydrogen-bond donors (Lipinski definition) is 0. The Kier molecular flexibility index (Phi) is 3.96. The van der Waals surface area contributed by atoms with Crippen molar-refractivity contribution in [1.82, 2.24) is 0 Å². The van der Waals surface area contributed by atoms with Crippen LogP contribution in [-0.4, -0.2) is 18.3 Å². The van der Waals surface area contributed by atoms with Crippen LogP contribution in [0.3, 0.4) is 0 Å². The number of hydrogen-bond acceptors (Lipinski definition) is 3. The number of fused-ring (bicyclic) bond motifs is 1. The number of amidine groups is 1. The number of rotatable bonds is 2. The van der Waals surface area contributed by atoms with Crippen molar-refractivity contribution in [2.75, 3.05) is 16.3 Å². The molecule has 2 aromatic rings. The second kappa shape index (κ2) is 6.30. The molecule has 0 aliphatic carbocycles. The van der Waals surface area contributed by atoms with Crippen molar-refractivity contribution in [1.29, 1.82) is 0 Å². The Bertz CT molecular complexity index is 970. The van der Waals surface area contributed by atoms with Crippen LogP contribution in [0.4, 0.5) is 11.4 Å². The molecule has 0 saturated carbocycles. The summed E-state index contributed by atoms with van der Waals surface area (Å²) in [5.41, 5.74) is 5.94. The van der Waals surface area contributed by atoms with Gasteiger partial charge in [0.2, 0.25) is 0 Å². The normalized spacial score (nSPS) is 19.0.